The van der Waals surface area contributed by atoms with Crippen LogP contribution in [0.25, 0.3) is 0 Å². The van der Waals surface area contributed by atoms with E-state index >= 15 is 0 Å². The number of rotatable bonds is 2. The quantitative estimate of drug-likeness (QED) is 0.624. The van der Waals surface area contributed by atoms with Gasteiger partial charge >= 0.3 is 0 Å². The van der Waals surface area contributed by atoms with Crippen LogP contribution in [0.4, 0.5) is 0 Å². The van der Waals surface area contributed by atoms with E-state index in [1.807, 2.05) is 0 Å². The third-order valence-corrected chi connectivity index (χ3v) is 3.26. The summed E-state index contributed by atoms with van der Waals surface area (Å²) in [7, 11) is 0. The molecule has 5 heteroatoms. The van der Waals surface area contributed by atoms with Crippen molar-refractivity contribution in [2.45, 2.75) is 25.8 Å². The summed E-state index contributed by atoms with van der Waals surface area (Å²) in [6.45, 7) is 5.78. The number of hydrogen-bond acceptors (Lipinski definition) is 3. The third-order valence-electron chi connectivity index (χ3n) is 3.26. The number of halogens is 1. The first-order valence-electron chi connectivity index (χ1n) is 5.43. The van der Waals surface area contributed by atoms with Crippen LogP contribution in [-0.2, 0) is 4.79 Å². The van der Waals surface area contributed by atoms with Crippen molar-refractivity contribution in [1.29, 1.82) is 0 Å². The first-order chi connectivity index (χ1) is 6.71. The molecule has 0 aromatic heterocycles. The lowest BCUT2D eigenvalue weighted by molar-refractivity contribution is -0.132. The number of carbonyl (C=O) groups is 1. The topological polar surface area (TPSA) is 53.2 Å². The maximum absolute atomic E-state index is 11.9. The molecule has 2 aliphatic heterocycles. The SMILES string of the molecule is CC1(C(=O)NC2CNC2)CCCNC1.Cl. The lowest BCUT2D eigenvalue weighted by Crippen LogP contribution is -2.60. The highest BCUT2D eigenvalue weighted by Gasteiger charge is 2.36. The predicted molar refractivity (Wildman–Crippen MR) is 62.3 cm³/mol. The third kappa shape index (κ3) is 2.83. The fourth-order valence-electron chi connectivity index (χ4n) is 2.00. The van der Waals surface area contributed by atoms with Gasteiger partial charge in [0.25, 0.3) is 0 Å². The Balaban J connectivity index is 0.00000112. The lowest BCUT2D eigenvalue weighted by atomic mass is 9.81. The zero-order chi connectivity index (χ0) is 10.0. The van der Waals surface area contributed by atoms with E-state index in [2.05, 4.69) is 22.9 Å². The molecule has 4 nitrogen and oxygen atoms in total. The Bertz CT molecular complexity index is 225. The minimum absolute atomic E-state index is 0. The molecule has 0 aliphatic carbocycles. The van der Waals surface area contributed by atoms with E-state index in [1.54, 1.807) is 0 Å². The van der Waals surface area contributed by atoms with E-state index in [0.717, 1.165) is 39.0 Å². The predicted octanol–water partition coefficient (Wildman–Crippen LogP) is -0.114. The van der Waals surface area contributed by atoms with Gasteiger partial charge in [-0.05, 0) is 26.3 Å². The highest BCUT2D eigenvalue weighted by molar-refractivity contribution is 5.85. The number of amides is 1. The maximum atomic E-state index is 11.9. The van der Waals surface area contributed by atoms with Crippen molar-refractivity contribution in [3.05, 3.63) is 0 Å². The van der Waals surface area contributed by atoms with Crippen LogP contribution in [0.2, 0.25) is 0 Å². The molecule has 2 aliphatic rings. The second-order valence-electron chi connectivity index (χ2n) is 4.67. The fourth-order valence-corrected chi connectivity index (χ4v) is 2.00. The Hall–Kier alpha value is -0.320. The summed E-state index contributed by atoms with van der Waals surface area (Å²) in [4.78, 5) is 11.9. The molecule has 2 fully saturated rings. The summed E-state index contributed by atoms with van der Waals surface area (Å²) in [5.41, 5.74) is -0.187. The van der Waals surface area contributed by atoms with Gasteiger partial charge in [-0.25, -0.2) is 0 Å². The van der Waals surface area contributed by atoms with Crippen LogP contribution in [0.5, 0.6) is 0 Å². The molecule has 0 spiro atoms. The Kier molecular flexibility index (Phi) is 4.37. The molecule has 2 saturated heterocycles. The average molecular weight is 234 g/mol. The summed E-state index contributed by atoms with van der Waals surface area (Å²) in [5, 5.41) is 9.53. The molecule has 0 aromatic carbocycles. The fraction of sp³-hybridized carbons (Fsp3) is 0.900. The molecule has 0 saturated carbocycles. The van der Waals surface area contributed by atoms with Gasteiger partial charge in [0.1, 0.15) is 0 Å². The Labute approximate surface area is 97.0 Å². The summed E-state index contributed by atoms with van der Waals surface area (Å²) < 4.78 is 0. The molecule has 0 aromatic rings. The minimum atomic E-state index is -0.187. The van der Waals surface area contributed by atoms with Crippen molar-refractivity contribution in [3.8, 4) is 0 Å². The van der Waals surface area contributed by atoms with Crippen molar-refractivity contribution < 1.29 is 4.79 Å². The van der Waals surface area contributed by atoms with Crippen molar-refractivity contribution in [2.24, 2.45) is 5.41 Å². The van der Waals surface area contributed by atoms with Gasteiger partial charge < -0.3 is 16.0 Å². The molecular formula is C10H20ClN3O. The van der Waals surface area contributed by atoms with E-state index in [1.165, 1.54) is 0 Å². The van der Waals surface area contributed by atoms with E-state index in [0.29, 0.717) is 6.04 Å². The van der Waals surface area contributed by atoms with Crippen molar-refractivity contribution >= 4 is 18.3 Å². The molecule has 15 heavy (non-hydrogen) atoms. The van der Waals surface area contributed by atoms with E-state index in [9.17, 15) is 4.79 Å². The molecule has 1 amide bonds. The van der Waals surface area contributed by atoms with Gasteiger partial charge in [0.2, 0.25) is 5.91 Å². The summed E-state index contributed by atoms with van der Waals surface area (Å²) in [6.07, 6.45) is 2.11. The standard InChI is InChI=1S/C10H19N3O.ClH/c1-10(3-2-4-11-7-10)9(14)13-8-5-12-6-8;/h8,11-12H,2-7H2,1H3,(H,13,14);1H. The molecule has 0 bridgehead atoms. The lowest BCUT2D eigenvalue weighted by Gasteiger charge is -2.36. The number of carbonyl (C=O) groups excluding carboxylic acids is 1. The number of hydrogen-bond donors (Lipinski definition) is 3. The first kappa shape index (κ1) is 12.7. The van der Waals surface area contributed by atoms with Crippen molar-refractivity contribution in [3.63, 3.8) is 0 Å². The van der Waals surface area contributed by atoms with Crippen molar-refractivity contribution in [2.75, 3.05) is 26.2 Å². The Morgan fingerprint density at radius 3 is 2.60 bits per heavy atom. The molecular weight excluding hydrogens is 214 g/mol. The zero-order valence-electron chi connectivity index (χ0n) is 9.14. The minimum Gasteiger partial charge on any atom is -0.350 e. The van der Waals surface area contributed by atoms with Crippen LogP contribution < -0.4 is 16.0 Å². The summed E-state index contributed by atoms with van der Waals surface area (Å²) >= 11 is 0. The Morgan fingerprint density at radius 2 is 2.13 bits per heavy atom. The molecule has 1 atom stereocenters. The molecule has 2 heterocycles. The van der Waals surface area contributed by atoms with Crippen LogP contribution in [0.15, 0.2) is 0 Å². The van der Waals surface area contributed by atoms with Gasteiger partial charge in [0.05, 0.1) is 11.5 Å². The van der Waals surface area contributed by atoms with E-state index in [4.69, 9.17) is 0 Å². The zero-order valence-corrected chi connectivity index (χ0v) is 9.95. The van der Waals surface area contributed by atoms with Crippen LogP contribution >= 0.6 is 12.4 Å². The highest BCUT2D eigenvalue weighted by Crippen LogP contribution is 2.25. The van der Waals surface area contributed by atoms with Gasteiger partial charge in [-0.3, -0.25) is 4.79 Å². The van der Waals surface area contributed by atoms with Crippen LogP contribution in [0.1, 0.15) is 19.8 Å². The molecule has 1 unspecified atom stereocenters. The van der Waals surface area contributed by atoms with Gasteiger partial charge in [0.15, 0.2) is 0 Å². The number of piperidine rings is 1. The smallest absolute Gasteiger partial charge is 0.227 e. The second kappa shape index (κ2) is 5.14. The van der Waals surface area contributed by atoms with Gasteiger partial charge in [-0.2, -0.15) is 0 Å². The van der Waals surface area contributed by atoms with Gasteiger partial charge in [-0.1, -0.05) is 0 Å². The number of nitrogens with one attached hydrogen (secondary N) is 3. The highest BCUT2D eigenvalue weighted by atomic mass is 35.5. The van der Waals surface area contributed by atoms with Crippen LogP contribution in [-0.4, -0.2) is 38.1 Å². The average Bonchev–Trinajstić information content (AvgIpc) is 2.12. The summed E-state index contributed by atoms with van der Waals surface area (Å²) in [6, 6.07) is 0.362. The van der Waals surface area contributed by atoms with E-state index in [-0.39, 0.29) is 23.7 Å². The van der Waals surface area contributed by atoms with Gasteiger partial charge in [-0.15, -0.1) is 12.4 Å². The molecule has 2 rings (SSSR count). The summed E-state index contributed by atoms with van der Waals surface area (Å²) in [5.74, 6) is 0.219. The van der Waals surface area contributed by atoms with E-state index < -0.39 is 0 Å². The maximum Gasteiger partial charge on any atom is 0.227 e. The van der Waals surface area contributed by atoms with Gasteiger partial charge in [0, 0.05) is 19.6 Å². The largest absolute Gasteiger partial charge is 0.350 e. The van der Waals surface area contributed by atoms with Crippen LogP contribution in [0.3, 0.4) is 0 Å². The molecule has 0 radical (unpaired) electrons. The monoisotopic (exact) mass is 233 g/mol. The molecule has 3 N–H and O–H groups in total. The van der Waals surface area contributed by atoms with Crippen molar-refractivity contribution in [1.82, 2.24) is 16.0 Å². The molecule has 88 valence electrons. The first-order valence-corrected chi connectivity index (χ1v) is 5.43. The van der Waals surface area contributed by atoms with Crippen LogP contribution in [0, 0.1) is 5.41 Å². The Morgan fingerprint density at radius 1 is 1.40 bits per heavy atom. The second-order valence-corrected chi connectivity index (χ2v) is 4.67. The normalized spacial score (nSPS) is 31.3.